The summed E-state index contributed by atoms with van der Waals surface area (Å²) in [5.74, 6) is 0. The van der Waals surface area contributed by atoms with Gasteiger partial charge in [-0.15, -0.1) is 0 Å². The van der Waals surface area contributed by atoms with Gasteiger partial charge in [0.25, 0.3) is 0 Å². The maximum Gasteiger partial charge on any atom is 0.112 e. The quantitative estimate of drug-likeness (QED) is 0.657. The fourth-order valence-corrected chi connectivity index (χ4v) is 1.31. The zero-order valence-electron chi connectivity index (χ0n) is 7.03. The van der Waals surface area contributed by atoms with E-state index in [0.717, 1.165) is 5.52 Å². The predicted molar refractivity (Wildman–Crippen MR) is 49.1 cm³/mol. The van der Waals surface area contributed by atoms with E-state index in [1.54, 1.807) is 4.73 Å². The Hall–Kier alpha value is -1.44. The van der Waals surface area contributed by atoms with Crippen molar-refractivity contribution in [3.05, 3.63) is 36.5 Å². The summed E-state index contributed by atoms with van der Waals surface area (Å²) in [6, 6.07) is 10.2. The Morgan fingerprint density at radius 1 is 1.25 bits per heavy atom. The molecule has 0 aliphatic rings. The normalized spacial score (nSPS) is 10.4. The van der Waals surface area contributed by atoms with Crippen molar-refractivity contribution in [1.29, 1.82) is 0 Å². The number of para-hydroxylation sites is 1. The molecular formula is C10H11NO. The smallest absolute Gasteiger partial charge is 0.112 e. The standard InChI is InChI=1S/C10H11NO/c1-2-12-11-8-7-9-5-3-4-6-10(9)11/h3-8H,2H2,1H3. The molecule has 1 aromatic heterocycles. The second-order valence-corrected chi connectivity index (χ2v) is 2.62. The first-order valence-corrected chi connectivity index (χ1v) is 4.11. The minimum Gasteiger partial charge on any atom is -0.414 e. The maximum absolute atomic E-state index is 5.38. The van der Waals surface area contributed by atoms with Crippen LogP contribution in [0.3, 0.4) is 0 Å². The van der Waals surface area contributed by atoms with Crippen LogP contribution in [0, 0.1) is 0 Å². The number of benzene rings is 1. The molecule has 0 fully saturated rings. The third-order valence-corrected chi connectivity index (χ3v) is 1.83. The number of aromatic nitrogens is 1. The second-order valence-electron chi connectivity index (χ2n) is 2.62. The summed E-state index contributed by atoms with van der Waals surface area (Å²) in [5, 5.41) is 1.21. The van der Waals surface area contributed by atoms with Gasteiger partial charge in [-0.25, -0.2) is 0 Å². The van der Waals surface area contributed by atoms with E-state index in [0.29, 0.717) is 6.61 Å². The summed E-state index contributed by atoms with van der Waals surface area (Å²) >= 11 is 0. The highest BCUT2D eigenvalue weighted by Crippen LogP contribution is 2.13. The van der Waals surface area contributed by atoms with Crippen LogP contribution in [-0.4, -0.2) is 11.3 Å². The van der Waals surface area contributed by atoms with Gasteiger partial charge in [0.1, 0.15) is 6.61 Å². The highest BCUT2D eigenvalue weighted by atomic mass is 16.7. The third kappa shape index (κ3) is 1.05. The minimum absolute atomic E-state index is 0.693. The van der Waals surface area contributed by atoms with Gasteiger partial charge in [0.05, 0.1) is 5.52 Å². The summed E-state index contributed by atoms with van der Waals surface area (Å²) in [6.07, 6.45) is 1.94. The Balaban J connectivity index is 2.55. The van der Waals surface area contributed by atoms with Gasteiger partial charge in [-0.1, -0.05) is 18.2 Å². The van der Waals surface area contributed by atoms with Gasteiger partial charge in [0.2, 0.25) is 0 Å². The number of hydrogen-bond acceptors (Lipinski definition) is 1. The number of hydrogen-bond donors (Lipinski definition) is 0. The van der Waals surface area contributed by atoms with Crippen LogP contribution in [0.1, 0.15) is 6.92 Å². The molecular weight excluding hydrogens is 150 g/mol. The van der Waals surface area contributed by atoms with Crippen molar-refractivity contribution in [2.24, 2.45) is 0 Å². The summed E-state index contributed by atoms with van der Waals surface area (Å²) < 4.78 is 1.80. The van der Waals surface area contributed by atoms with E-state index >= 15 is 0 Å². The zero-order chi connectivity index (χ0) is 8.39. The molecule has 0 bridgehead atoms. The molecule has 0 spiro atoms. The Kier molecular flexibility index (Phi) is 1.74. The van der Waals surface area contributed by atoms with Crippen molar-refractivity contribution in [1.82, 2.24) is 4.73 Å². The van der Waals surface area contributed by atoms with Gasteiger partial charge in [-0.3, -0.25) is 0 Å². The van der Waals surface area contributed by atoms with E-state index in [-0.39, 0.29) is 0 Å². The van der Waals surface area contributed by atoms with Crippen LogP contribution in [0.15, 0.2) is 36.5 Å². The van der Waals surface area contributed by atoms with Crippen molar-refractivity contribution >= 4 is 10.9 Å². The van der Waals surface area contributed by atoms with Gasteiger partial charge in [0.15, 0.2) is 0 Å². The highest BCUT2D eigenvalue weighted by molar-refractivity contribution is 5.79. The minimum atomic E-state index is 0.693. The van der Waals surface area contributed by atoms with E-state index < -0.39 is 0 Å². The Morgan fingerprint density at radius 3 is 2.92 bits per heavy atom. The SMILES string of the molecule is CCOn1ccc2ccccc21. The lowest BCUT2D eigenvalue weighted by Gasteiger charge is -2.03. The topological polar surface area (TPSA) is 14.2 Å². The van der Waals surface area contributed by atoms with Crippen molar-refractivity contribution in [2.75, 3.05) is 6.61 Å². The third-order valence-electron chi connectivity index (χ3n) is 1.83. The zero-order valence-corrected chi connectivity index (χ0v) is 7.03. The molecule has 0 N–H and O–H groups in total. The van der Waals surface area contributed by atoms with E-state index in [1.165, 1.54) is 5.39 Å². The van der Waals surface area contributed by atoms with Gasteiger partial charge >= 0.3 is 0 Å². The van der Waals surface area contributed by atoms with Crippen LogP contribution in [0.2, 0.25) is 0 Å². The maximum atomic E-state index is 5.38. The molecule has 1 aromatic carbocycles. The number of nitrogens with zero attached hydrogens (tertiary/aromatic N) is 1. The summed E-state index contributed by atoms with van der Waals surface area (Å²) in [7, 11) is 0. The van der Waals surface area contributed by atoms with E-state index in [1.807, 2.05) is 37.4 Å². The number of rotatable bonds is 2. The first kappa shape index (κ1) is 7.22. The van der Waals surface area contributed by atoms with E-state index in [4.69, 9.17) is 4.84 Å². The first-order chi connectivity index (χ1) is 5.92. The van der Waals surface area contributed by atoms with Crippen LogP contribution < -0.4 is 4.84 Å². The molecule has 0 atom stereocenters. The Morgan fingerprint density at radius 2 is 2.08 bits per heavy atom. The van der Waals surface area contributed by atoms with E-state index in [2.05, 4.69) is 6.07 Å². The molecule has 0 radical (unpaired) electrons. The molecule has 1 heterocycles. The molecule has 2 rings (SSSR count). The van der Waals surface area contributed by atoms with Gasteiger partial charge in [-0.05, 0) is 19.1 Å². The molecule has 0 unspecified atom stereocenters. The molecule has 0 aliphatic heterocycles. The molecule has 0 saturated carbocycles. The summed E-state index contributed by atoms with van der Waals surface area (Å²) in [4.78, 5) is 5.38. The molecule has 2 aromatic rings. The lowest BCUT2D eigenvalue weighted by molar-refractivity contribution is 0.132. The average Bonchev–Trinajstić information content (AvgIpc) is 2.50. The van der Waals surface area contributed by atoms with Crippen molar-refractivity contribution in [2.45, 2.75) is 6.92 Å². The second kappa shape index (κ2) is 2.89. The fourth-order valence-electron chi connectivity index (χ4n) is 1.31. The molecule has 2 nitrogen and oxygen atoms in total. The Labute approximate surface area is 71.3 Å². The van der Waals surface area contributed by atoms with Gasteiger partial charge in [-0.2, -0.15) is 4.73 Å². The van der Waals surface area contributed by atoms with Crippen LogP contribution in [0.25, 0.3) is 10.9 Å². The van der Waals surface area contributed by atoms with Crippen LogP contribution in [-0.2, 0) is 0 Å². The molecule has 62 valence electrons. The molecule has 2 heteroatoms. The van der Waals surface area contributed by atoms with E-state index in [9.17, 15) is 0 Å². The molecule has 0 aliphatic carbocycles. The monoisotopic (exact) mass is 161 g/mol. The van der Waals surface area contributed by atoms with Crippen molar-refractivity contribution < 1.29 is 4.84 Å². The van der Waals surface area contributed by atoms with Crippen molar-refractivity contribution in [3.63, 3.8) is 0 Å². The summed E-state index contributed by atoms with van der Waals surface area (Å²) in [5.41, 5.74) is 1.12. The molecule has 0 saturated heterocycles. The highest BCUT2D eigenvalue weighted by Gasteiger charge is 1.97. The summed E-state index contributed by atoms with van der Waals surface area (Å²) in [6.45, 7) is 2.67. The van der Waals surface area contributed by atoms with Crippen LogP contribution >= 0.6 is 0 Å². The van der Waals surface area contributed by atoms with Crippen LogP contribution in [0.5, 0.6) is 0 Å². The lowest BCUT2D eigenvalue weighted by atomic mass is 10.3. The largest absolute Gasteiger partial charge is 0.414 e. The average molecular weight is 161 g/mol. The van der Waals surface area contributed by atoms with Gasteiger partial charge in [0, 0.05) is 11.6 Å². The lowest BCUT2D eigenvalue weighted by Crippen LogP contribution is -2.08. The van der Waals surface area contributed by atoms with Crippen molar-refractivity contribution in [3.8, 4) is 0 Å². The molecule has 12 heavy (non-hydrogen) atoms. The number of fused-ring (bicyclic) bond motifs is 1. The predicted octanol–water partition coefficient (Wildman–Crippen LogP) is 2.09. The fraction of sp³-hybridized carbons (Fsp3) is 0.200. The van der Waals surface area contributed by atoms with Crippen LogP contribution in [0.4, 0.5) is 0 Å². The first-order valence-electron chi connectivity index (χ1n) is 4.11. The Bertz CT molecular complexity index is 378. The van der Waals surface area contributed by atoms with Gasteiger partial charge < -0.3 is 4.84 Å². The molecule has 0 amide bonds.